The molecule has 0 saturated heterocycles. The Morgan fingerprint density at radius 1 is 1.04 bits per heavy atom. The highest BCUT2D eigenvalue weighted by atomic mass is 19.2. The van der Waals surface area contributed by atoms with E-state index in [1.807, 2.05) is 43.5 Å². The van der Waals surface area contributed by atoms with Crippen LogP contribution in [0.1, 0.15) is 29.7 Å². The Morgan fingerprint density at radius 3 is 2.61 bits per heavy atom. The van der Waals surface area contributed by atoms with Gasteiger partial charge in [-0.3, -0.25) is 0 Å². The fourth-order valence-electron chi connectivity index (χ4n) is 2.60. The van der Waals surface area contributed by atoms with Crippen LogP contribution in [0, 0.1) is 11.6 Å². The molecule has 0 fully saturated rings. The second-order valence-corrected chi connectivity index (χ2v) is 5.64. The zero-order valence-corrected chi connectivity index (χ0v) is 12.8. The van der Waals surface area contributed by atoms with Crippen LogP contribution in [-0.4, -0.2) is 15.0 Å². The van der Waals surface area contributed by atoms with Crippen LogP contribution in [0.4, 0.5) is 8.78 Å². The van der Waals surface area contributed by atoms with Crippen molar-refractivity contribution in [3.05, 3.63) is 83.2 Å². The minimum atomic E-state index is -0.818. The summed E-state index contributed by atoms with van der Waals surface area (Å²) in [7, 11) is 0. The van der Waals surface area contributed by atoms with Gasteiger partial charge in [0, 0.05) is 6.20 Å². The molecule has 5 heteroatoms. The molecular formula is C18H17F2N3. The molecule has 1 atom stereocenters. The van der Waals surface area contributed by atoms with E-state index >= 15 is 0 Å². The molecule has 0 saturated carbocycles. The molecule has 1 unspecified atom stereocenters. The van der Waals surface area contributed by atoms with Crippen LogP contribution in [0.3, 0.4) is 0 Å². The molecule has 0 aliphatic heterocycles. The summed E-state index contributed by atoms with van der Waals surface area (Å²) in [4.78, 5) is 0. The molecule has 3 aromatic rings. The topological polar surface area (TPSA) is 30.7 Å². The number of hydrogen-bond acceptors (Lipinski definition) is 2. The molecule has 1 aromatic heterocycles. The Labute approximate surface area is 133 Å². The lowest BCUT2D eigenvalue weighted by Crippen LogP contribution is -2.03. The fourth-order valence-corrected chi connectivity index (χ4v) is 2.60. The summed E-state index contributed by atoms with van der Waals surface area (Å²) in [5.41, 5.74) is 2.26. The quantitative estimate of drug-likeness (QED) is 0.714. The van der Waals surface area contributed by atoms with Crippen molar-refractivity contribution in [2.24, 2.45) is 0 Å². The zero-order valence-electron chi connectivity index (χ0n) is 12.8. The molecule has 0 amide bonds. The Kier molecular flexibility index (Phi) is 4.46. The third-order valence-corrected chi connectivity index (χ3v) is 3.80. The van der Waals surface area contributed by atoms with Gasteiger partial charge in [0.05, 0.1) is 12.2 Å². The van der Waals surface area contributed by atoms with E-state index in [-0.39, 0.29) is 5.92 Å². The molecule has 0 aliphatic carbocycles. The second-order valence-electron chi connectivity index (χ2n) is 5.64. The van der Waals surface area contributed by atoms with E-state index in [0.29, 0.717) is 18.5 Å². The van der Waals surface area contributed by atoms with Crippen LogP contribution in [-0.2, 0) is 13.0 Å². The van der Waals surface area contributed by atoms with E-state index in [1.165, 1.54) is 6.07 Å². The van der Waals surface area contributed by atoms with Gasteiger partial charge in [0.1, 0.15) is 0 Å². The first kappa shape index (κ1) is 15.3. The maximum absolute atomic E-state index is 13.8. The van der Waals surface area contributed by atoms with E-state index in [9.17, 15) is 8.78 Å². The Balaban J connectivity index is 1.70. The molecule has 0 aliphatic rings. The molecule has 23 heavy (non-hydrogen) atoms. The van der Waals surface area contributed by atoms with Crippen molar-refractivity contribution in [2.45, 2.75) is 25.8 Å². The molecular weight excluding hydrogens is 296 g/mol. The lowest BCUT2D eigenvalue weighted by atomic mass is 9.96. The molecule has 0 N–H and O–H groups in total. The average Bonchev–Trinajstić information content (AvgIpc) is 2.98. The first-order valence-corrected chi connectivity index (χ1v) is 7.50. The first-order valence-electron chi connectivity index (χ1n) is 7.50. The van der Waals surface area contributed by atoms with E-state index in [2.05, 4.69) is 10.3 Å². The maximum Gasteiger partial charge on any atom is 0.162 e. The smallest absolute Gasteiger partial charge is 0.162 e. The molecule has 1 heterocycles. The maximum atomic E-state index is 13.8. The molecule has 118 valence electrons. The number of halogens is 2. The summed E-state index contributed by atoms with van der Waals surface area (Å²) in [6.07, 6.45) is 2.36. The first-order chi connectivity index (χ1) is 11.1. The number of rotatable bonds is 5. The molecule has 3 nitrogen and oxygen atoms in total. The van der Waals surface area contributed by atoms with Gasteiger partial charge in [0.15, 0.2) is 11.6 Å². The third kappa shape index (κ3) is 3.62. The number of hydrogen-bond donors (Lipinski definition) is 0. The minimum Gasteiger partial charge on any atom is -0.248 e. The van der Waals surface area contributed by atoms with E-state index in [1.54, 1.807) is 10.7 Å². The number of aromatic nitrogens is 3. The summed E-state index contributed by atoms with van der Waals surface area (Å²) < 4.78 is 28.9. The molecule has 3 rings (SSSR count). The zero-order chi connectivity index (χ0) is 16.2. The van der Waals surface area contributed by atoms with Crippen LogP contribution in [0.25, 0.3) is 0 Å². The van der Waals surface area contributed by atoms with Gasteiger partial charge in [-0.15, -0.1) is 5.10 Å². The van der Waals surface area contributed by atoms with E-state index < -0.39 is 11.6 Å². The Bertz CT molecular complexity index is 784. The van der Waals surface area contributed by atoms with Crippen LogP contribution in [0.15, 0.2) is 54.7 Å². The standard InChI is InChI=1S/C18H17F2N3/c1-13(16-8-5-9-17(19)18(16)20)10-15-12-23(22-21-15)11-14-6-3-2-4-7-14/h2-9,12-13H,10-11H2,1H3. The summed E-state index contributed by atoms with van der Waals surface area (Å²) >= 11 is 0. The summed E-state index contributed by atoms with van der Waals surface area (Å²) in [6, 6.07) is 14.2. The van der Waals surface area contributed by atoms with Crippen molar-refractivity contribution in [1.82, 2.24) is 15.0 Å². The van der Waals surface area contributed by atoms with Gasteiger partial charge in [-0.25, -0.2) is 13.5 Å². The lowest BCUT2D eigenvalue weighted by Gasteiger charge is -2.11. The molecule has 2 aromatic carbocycles. The highest BCUT2D eigenvalue weighted by molar-refractivity contribution is 5.24. The van der Waals surface area contributed by atoms with Gasteiger partial charge < -0.3 is 0 Å². The molecule has 0 radical (unpaired) electrons. The van der Waals surface area contributed by atoms with Gasteiger partial charge in [-0.1, -0.05) is 54.6 Å². The van der Waals surface area contributed by atoms with Crippen LogP contribution >= 0.6 is 0 Å². The van der Waals surface area contributed by atoms with Crippen LogP contribution < -0.4 is 0 Å². The van der Waals surface area contributed by atoms with Crippen LogP contribution in [0.2, 0.25) is 0 Å². The Morgan fingerprint density at radius 2 is 1.83 bits per heavy atom. The number of benzene rings is 2. The molecule has 0 bridgehead atoms. The predicted molar refractivity (Wildman–Crippen MR) is 84.0 cm³/mol. The van der Waals surface area contributed by atoms with Crippen molar-refractivity contribution in [3.8, 4) is 0 Å². The third-order valence-electron chi connectivity index (χ3n) is 3.80. The highest BCUT2D eigenvalue weighted by Crippen LogP contribution is 2.23. The Hall–Kier alpha value is -2.56. The van der Waals surface area contributed by atoms with E-state index in [0.717, 1.165) is 17.3 Å². The summed E-state index contributed by atoms with van der Waals surface area (Å²) in [6.45, 7) is 2.49. The van der Waals surface area contributed by atoms with Crippen molar-refractivity contribution < 1.29 is 8.78 Å². The normalized spacial score (nSPS) is 12.3. The summed E-state index contributed by atoms with van der Waals surface area (Å²) in [5.74, 6) is -1.77. The minimum absolute atomic E-state index is 0.174. The van der Waals surface area contributed by atoms with Gasteiger partial charge in [-0.05, 0) is 29.5 Å². The van der Waals surface area contributed by atoms with Gasteiger partial charge in [-0.2, -0.15) is 0 Å². The fraction of sp³-hybridized carbons (Fsp3) is 0.222. The number of nitrogens with zero attached hydrogens (tertiary/aromatic N) is 3. The van der Waals surface area contributed by atoms with Crippen molar-refractivity contribution >= 4 is 0 Å². The van der Waals surface area contributed by atoms with Crippen molar-refractivity contribution in [1.29, 1.82) is 0 Å². The second kappa shape index (κ2) is 6.69. The summed E-state index contributed by atoms with van der Waals surface area (Å²) in [5, 5.41) is 8.22. The average molecular weight is 313 g/mol. The van der Waals surface area contributed by atoms with Crippen molar-refractivity contribution in [2.75, 3.05) is 0 Å². The van der Waals surface area contributed by atoms with Gasteiger partial charge in [0.2, 0.25) is 0 Å². The largest absolute Gasteiger partial charge is 0.248 e. The monoisotopic (exact) mass is 313 g/mol. The van der Waals surface area contributed by atoms with E-state index in [4.69, 9.17) is 0 Å². The van der Waals surface area contributed by atoms with Gasteiger partial charge in [0.25, 0.3) is 0 Å². The highest BCUT2D eigenvalue weighted by Gasteiger charge is 2.16. The SMILES string of the molecule is CC(Cc1cn(Cc2ccccc2)nn1)c1cccc(F)c1F. The molecule has 0 spiro atoms. The predicted octanol–water partition coefficient (Wildman–Crippen LogP) is 3.95. The van der Waals surface area contributed by atoms with Crippen molar-refractivity contribution in [3.63, 3.8) is 0 Å². The lowest BCUT2D eigenvalue weighted by molar-refractivity contribution is 0.490. The van der Waals surface area contributed by atoms with Gasteiger partial charge >= 0.3 is 0 Å². The van der Waals surface area contributed by atoms with Crippen LogP contribution in [0.5, 0.6) is 0 Å².